The fourth-order valence-electron chi connectivity index (χ4n) is 1.69. The summed E-state index contributed by atoms with van der Waals surface area (Å²) in [5.41, 5.74) is 2.29. The highest BCUT2D eigenvalue weighted by Gasteiger charge is 2.21. The minimum Gasteiger partial charge on any atom is -0.508 e. The van der Waals surface area contributed by atoms with E-state index < -0.39 is 0 Å². The number of carbonyl (C=O) groups is 1. The number of benzene rings is 1. The summed E-state index contributed by atoms with van der Waals surface area (Å²) < 4.78 is 0. The molecule has 1 aliphatic carbocycles. The van der Waals surface area contributed by atoms with Gasteiger partial charge < -0.3 is 5.11 Å². The van der Waals surface area contributed by atoms with E-state index in [2.05, 4.69) is 0 Å². The topological polar surface area (TPSA) is 37.3 Å². The van der Waals surface area contributed by atoms with Gasteiger partial charge in [-0.3, -0.25) is 4.79 Å². The molecule has 1 N–H and O–H groups in total. The van der Waals surface area contributed by atoms with Gasteiger partial charge in [-0.1, -0.05) is 18.2 Å². The second-order valence-corrected chi connectivity index (χ2v) is 3.54. The standard InChI is InChI=1S/C13H12O2/c1-2-3-4-10-7-9-5-6-11(14)8-12(9)13(10)15/h2-3,5-8,14H,4H2,1H3. The second-order valence-electron chi connectivity index (χ2n) is 3.54. The van der Waals surface area contributed by atoms with E-state index in [9.17, 15) is 9.90 Å². The Balaban J connectivity index is 2.35. The molecule has 0 aromatic heterocycles. The van der Waals surface area contributed by atoms with Crippen LogP contribution in [0.25, 0.3) is 6.08 Å². The maximum absolute atomic E-state index is 11.8. The van der Waals surface area contributed by atoms with Gasteiger partial charge >= 0.3 is 0 Å². The molecule has 2 heteroatoms. The number of phenolic OH excluding ortho intramolecular Hbond substituents is 1. The molecule has 0 heterocycles. The SMILES string of the molecule is CC=CCC1=Cc2ccc(O)cc2C1=O. The van der Waals surface area contributed by atoms with E-state index in [4.69, 9.17) is 0 Å². The Hall–Kier alpha value is -1.83. The molecular weight excluding hydrogens is 188 g/mol. The predicted molar refractivity (Wildman–Crippen MR) is 59.8 cm³/mol. The van der Waals surface area contributed by atoms with Crippen LogP contribution in [0.4, 0.5) is 0 Å². The van der Waals surface area contributed by atoms with Crippen molar-refractivity contribution in [3.63, 3.8) is 0 Å². The van der Waals surface area contributed by atoms with Gasteiger partial charge in [0.2, 0.25) is 0 Å². The summed E-state index contributed by atoms with van der Waals surface area (Å²) >= 11 is 0. The largest absolute Gasteiger partial charge is 0.508 e. The summed E-state index contributed by atoms with van der Waals surface area (Å²) in [7, 11) is 0. The normalized spacial score (nSPS) is 14.5. The third kappa shape index (κ3) is 1.71. The van der Waals surface area contributed by atoms with E-state index in [0.717, 1.165) is 11.1 Å². The van der Waals surface area contributed by atoms with Gasteiger partial charge in [-0.25, -0.2) is 0 Å². The number of allylic oxidation sites excluding steroid dienone is 3. The molecule has 1 aromatic carbocycles. The first-order valence-corrected chi connectivity index (χ1v) is 4.92. The summed E-state index contributed by atoms with van der Waals surface area (Å²) in [5, 5.41) is 9.29. The van der Waals surface area contributed by atoms with Crippen LogP contribution in [0.1, 0.15) is 29.3 Å². The van der Waals surface area contributed by atoms with Crippen LogP contribution in [0.5, 0.6) is 5.75 Å². The lowest BCUT2D eigenvalue weighted by atomic mass is 10.1. The minimum atomic E-state index is 0.0269. The lowest BCUT2D eigenvalue weighted by Crippen LogP contribution is -1.97. The van der Waals surface area contributed by atoms with Crippen molar-refractivity contribution in [2.24, 2.45) is 0 Å². The summed E-state index contributed by atoms with van der Waals surface area (Å²) in [5.74, 6) is 0.168. The van der Waals surface area contributed by atoms with Crippen molar-refractivity contribution in [3.05, 3.63) is 47.1 Å². The first-order chi connectivity index (χ1) is 7.22. The quantitative estimate of drug-likeness (QED) is 0.745. The first kappa shape index (κ1) is 9.71. The van der Waals surface area contributed by atoms with Gasteiger partial charge in [0.1, 0.15) is 5.75 Å². The average molecular weight is 200 g/mol. The Morgan fingerprint density at radius 3 is 2.93 bits per heavy atom. The second kappa shape index (κ2) is 3.73. The number of Topliss-reactive ketones (excluding diaryl/α,β-unsaturated/α-hetero) is 1. The Kier molecular flexibility index (Phi) is 2.42. The average Bonchev–Trinajstić information content (AvgIpc) is 2.53. The van der Waals surface area contributed by atoms with Gasteiger partial charge in [-0.15, -0.1) is 0 Å². The van der Waals surface area contributed by atoms with E-state index in [1.807, 2.05) is 25.2 Å². The van der Waals surface area contributed by atoms with E-state index in [-0.39, 0.29) is 11.5 Å². The van der Waals surface area contributed by atoms with Gasteiger partial charge in [0.15, 0.2) is 5.78 Å². The summed E-state index contributed by atoms with van der Waals surface area (Å²) in [4.78, 5) is 11.8. The molecule has 0 bridgehead atoms. The summed E-state index contributed by atoms with van der Waals surface area (Å²) in [6.45, 7) is 1.93. The summed E-state index contributed by atoms with van der Waals surface area (Å²) in [6, 6.07) is 4.89. The summed E-state index contributed by atoms with van der Waals surface area (Å²) in [6.07, 6.45) is 6.42. The molecule has 76 valence electrons. The highest BCUT2D eigenvalue weighted by Crippen LogP contribution is 2.29. The Morgan fingerprint density at radius 1 is 1.40 bits per heavy atom. The molecule has 0 aliphatic heterocycles. The molecule has 0 fully saturated rings. The Bertz CT molecular complexity index is 467. The highest BCUT2D eigenvalue weighted by molar-refractivity contribution is 6.18. The number of hydrogen-bond donors (Lipinski definition) is 1. The number of rotatable bonds is 2. The minimum absolute atomic E-state index is 0.0269. The fourth-order valence-corrected chi connectivity index (χ4v) is 1.69. The predicted octanol–water partition coefficient (Wildman–Crippen LogP) is 2.94. The highest BCUT2D eigenvalue weighted by atomic mass is 16.3. The van der Waals surface area contributed by atoms with Crippen molar-refractivity contribution in [3.8, 4) is 5.75 Å². The molecule has 0 atom stereocenters. The third-order valence-electron chi connectivity index (χ3n) is 2.48. The Labute approximate surface area is 88.6 Å². The molecule has 0 spiro atoms. The molecule has 2 rings (SSSR count). The van der Waals surface area contributed by atoms with Gasteiger partial charge in [-0.05, 0) is 37.1 Å². The number of fused-ring (bicyclic) bond motifs is 1. The zero-order valence-corrected chi connectivity index (χ0v) is 8.53. The number of carbonyl (C=O) groups excluding carboxylic acids is 1. The van der Waals surface area contributed by atoms with Crippen LogP contribution in [-0.2, 0) is 0 Å². The molecule has 2 nitrogen and oxygen atoms in total. The number of aromatic hydroxyl groups is 1. The molecule has 1 aliphatic rings. The van der Waals surface area contributed by atoms with E-state index in [1.165, 1.54) is 6.07 Å². The van der Waals surface area contributed by atoms with E-state index in [0.29, 0.717) is 12.0 Å². The van der Waals surface area contributed by atoms with Gasteiger partial charge in [0.25, 0.3) is 0 Å². The number of hydrogen-bond acceptors (Lipinski definition) is 2. The molecule has 15 heavy (non-hydrogen) atoms. The van der Waals surface area contributed by atoms with E-state index >= 15 is 0 Å². The first-order valence-electron chi connectivity index (χ1n) is 4.92. The van der Waals surface area contributed by atoms with Crippen molar-refractivity contribution >= 4 is 11.9 Å². The molecule has 0 radical (unpaired) electrons. The molecule has 0 saturated carbocycles. The zero-order valence-electron chi connectivity index (χ0n) is 8.53. The lowest BCUT2D eigenvalue weighted by Gasteiger charge is -1.98. The van der Waals surface area contributed by atoms with Gasteiger partial charge in [0, 0.05) is 11.1 Å². The molecule has 0 saturated heterocycles. The molecule has 0 amide bonds. The van der Waals surface area contributed by atoms with Crippen LogP contribution < -0.4 is 0 Å². The van der Waals surface area contributed by atoms with Crippen molar-refractivity contribution < 1.29 is 9.90 Å². The maximum Gasteiger partial charge on any atom is 0.190 e. The van der Waals surface area contributed by atoms with Crippen LogP contribution >= 0.6 is 0 Å². The van der Waals surface area contributed by atoms with Crippen LogP contribution in [0.3, 0.4) is 0 Å². The van der Waals surface area contributed by atoms with Gasteiger partial charge in [0.05, 0.1) is 0 Å². The maximum atomic E-state index is 11.8. The lowest BCUT2D eigenvalue weighted by molar-refractivity contribution is 0.103. The van der Waals surface area contributed by atoms with Crippen molar-refractivity contribution in [1.29, 1.82) is 0 Å². The smallest absolute Gasteiger partial charge is 0.190 e. The van der Waals surface area contributed by atoms with Crippen LogP contribution in [0.15, 0.2) is 35.9 Å². The van der Waals surface area contributed by atoms with Crippen molar-refractivity contribution in [2.45, 2.75) is 13.3 Å². The number of phenols is 1. The zero-order chi connectivity index (χ0) is 10.8. The van der Waals surface area contributed by atoms with E-state index in [1.54, 1.807) is 12.1 Å². The molecule has 0 unspecified atom stereocenters. The third-order valence-corrected chi connectivity index (χ3v) is 2.48. The van der Waals surface area contributed by atoms with Crippen molar-refractivity contribution in [2.75, 3.05) is 0 Å². The van der Waals surface area contributed by atoms with Gasteiger partial charge in [-0.2, -0.15) is 0 Å². The van der Waals surface area contributed by atoms with Crippen molar-refractivity contribution in [1.82, 2.24) is 0 Å². The number of ketones is 1. The molecular formula is C13H12O2. The monoisotopic (exact) mass is 200 g/mol. The van der Waals surface area contributed by atoms with Crippen LogP contribution in [0.2, 0.25) is 0 Å². The Morgan fingerprint density at radius 2 is 2.20 bits per heavy atom. The van der Waals surface area contributed by atoms with Crippen LogP contribution in [0, 0.1) is 0 Å². The fraction of sp³-hybridized carbons (Fsp3) is 0.154. The van der Waals surface area contributed by atoms with Crippen LogP contribution in [-0.4, -0.2) is 10.9 Å². The molecule has 1 aromatic rings.